The highest BCUT2D eigenvalue weighted by Gasteiger charge is 2.32. The average Bonchev–Trinajstić information content (AvgIpc) is 2.23. The highest BCUT2D eigenvalue weighted by atomic mass is 32.2. The second kappa shape index (κ2) is 5.71. The van der Waals surface area contributed by atoms with Crippen LogP contribution in [0, 0.1) is 0 Å². The van der Waals surface area contributed by atoms with Gasteiger partial charge >= 0.3 is 12.1 Å². The second-order valence-electron chi connectivity index (χ2n) is 2.85. The van der Waals surface area contributed by atoms with E-state index in [1.54, 1.807) is 0 Å². The van der Waals surface area contributed by atoms with Gasteiger partial charge in [0.25, 0.3) is 0 Å². The second-order valence-corrected chi connectivity index (χ2v) is 3.84. The molecule has 0 aromatic carbocycles. The first-order chi connectivity index (χ1) is 7.89. The number of nitrogens with zero attached hydrogens (tertiary/aromatic N) is 2. The summed E-state index contributed by atoms with van der Waals surface area (Å²) in [6, 6.07) is 0.765. The number of anilines is 1. The van der Waals surface area contributed by atoms with Crippen molar-refractivity contribution < 1.29 is 23.1 Å². The Balaban J connectivity index is 2.52. The van der Waals surface area contributed by atoms with Crippen molar-refractivity contribution in [3.8, 4) is 0 Å². The zero-order valence-corrected chi connectivity index (χ0v) is 9.18. The van der Waals surface area contributed by atoms with E-state index in [2.05, 4.69) is 15.3 Å². The van der Waals surface area contributed by atoms with Gasteiger partial charge in [-0.2, -0.15) is 13.2 Å². The SMILES string of the molecule is O=C(O)CSCNc1cc(C(F)(F)F)ncn1. The molecule has 0 atom stereocenters. The molecule has 0 saturated heterocycles. The van der Waals surface area contributed by atoms with Crippen LogP contribution >= 0.6 is 11.8 Å². The quantitative estimate of drug-likeness (QED) is 0.624. The van der Waals surface area contributed by atoms with E-state index in [1.807, 2.05) is 0 Å². The lowest BCUT2D eigenvalue weighted by Gasteiger charge is -2.08. The summed E-state index contributed by atoms with van der Waals surface area (Å²) < 4.78 is 36.8. The van der Waals surface area contributed by atoms with Crippen molar-refractivity contribution in [2.75, 3.05) is 16.9 Å². The lowest BCUT2D eigenvalue weighted by molar-refractivity contribution is -0.141. The van der Waals surface area contributed by atoms with Crippen LogP contribution in [0.1, 0.15) is 5.69 Å². The van der Waals surface area contributed by atoms with Crippen LogP contribution in [-0.2, 0) is 11.0 Å². The molecule has 94 valence electrons. The Bertz CT molecular complexity index is 400. The molecular formula is C8H8F3N3O2S. The molecule has 1 aromatic heterocycles. The van der Waals surface area contributed by atoms with E-state index in [1.165, 1.54) is 0 Å². The van der Waals surface area contributed by atoms with Crippen LogP contribution in [0.2, 0.25) is 0 Å². The number of alkyl halides is 3. The van der Waals surface area contributed by atoms with Crippen molar-refractivity contribution in [3.63, 3.8) is 0 Å². The van der Waals surface area contributed by atoms with E-state index in [4.69, 9.17) is 5.11 Å². The fraction of sp³-hybridized carbons (Fsp3) is 0.375. The van der Waals surface area contributed by atoms with Crippen molar-refractivity contribution in [2.45, 2.75) is 6.18 Å². The lowest BCUT2D eigenvalue weighted by atomic mass is 10.4. The molecule has 1 rings (SSSR count). The number of hydrogen-bond acceptors (Lipinski definition) is 5. The van der Waals surface area contributed by atoms with Crippen LogP contribution < -0.4 is 5.32 Å². The molecule has 17 heavy (non-hydrogen) atoms. The third-order valence-electron chi connectivity index (χ3n) is 1.54. The van der Waals surface area contributed by atoms with Crippen LogP contribution in [-0.4, -0.2) is 32.7 Å². The maximum absolute atomic E-state index is 12.3. The van der Waals surface area contributed by atoms with E-state index in [0.29, 0.717) is 0 Å². The minimum Gasteiger partial charge on any atom is -0.481 e. The van der Waals surface area contributed by atoms with Crippen LogP contribution in [0.15, 0.2) is 12.4 Å². The highest BCUT2D eigenvalue weighted by Crippen LogP contribution is 2.28. The van der Waals surface area contributed by atoms with Gasteiger partial charge in [0.15, 0.2) is 0 Å². The number of halogens is 3. The van der Waals surface area contributed by atoms with E-state index < -0.39 is 17.8 Å². The zero-order valence-electron chi connectivity index (χ0n) is 8.36. The van der Waals surface area contributed by atoms with Gasteiger partial charge < -0.3 is 10.4 Å². The fourth-order valence-electron chi connectivity index (χ4n) is 0.872. The molecule has 0 radical (unpaired) electrons. The van der Waals surface area contributed by atoms with Gasteiger partial charge in [0.2, 0.25) is 0 Å². The van der Waals surface area contributed by atoms with Gasteiger partial charge in [0, 0.05) is 6.07 Å². The predicted molar refractivity (Wildman–Crippen MR) is 55.6 cm³/mol. The summed E-state index contributed by atoms with van der Waals surface area (Å²) in [7, 11) is 0. The molecule has 9 heteroatoms. The van der Waals surface area contributed by atoms with Crippen molar-refractivity contribution in [3.05, 3.63) is 18.1 Å². The number of rotatable bonds is 5. The van der Waals surface area contributed by atoms with Crippen molar-refractivity contribution in [2.24, 2.45) is 0 Å². The van der Waals surface area contributed by atoms with E-state index >= 15 is 0 Å². The van der Waals surface area contributed by atoms with Gasteiger partial charge in [0.1, 0.15) is 17.8 Å². The highest BCUT2D eigenvalue weighted by molar-refractivity contribution is 8.00. The van der Waals surface area contributed by atoms with Crippen molar-refractivity contribution >= 4 is 23.5 Å². The summed E-state index contributed by atoms with van der Waals surface area (Å²) in [6.45, 7) is 0. The van der Waals surface area contributed by atoms with E-state index in [9.17, 15) is 18.0 Å². The molecule has 0 aliphatic rings. The molecule has 1 aromatic rings. The van der Waals surface area contributed by atoms with Gasteiger partial charge in [-0.1, -0.05) is 0 Å². The Labute approximate surface area is 98.5 Å². The van der Waals surface area contributed by atoms with E-state index in [0.717, 1.165) is 24.2 Å². The molecule has 0 saturated carbocycles. The Kier molecular flexibility index (Phi) is 4.55. The van der Waals surface area contributed by atoms with Gasteiger partial charge in [-0.15, -0.1) is 11.8 Å². The van der Waals surface area contributed by atoms with Gasteiger partial charge in [-0.05, 0) is 0 Å². The number of hydrogen-bond donors (Lipinski definition) is 2. The summed E-state index contributed by atoms with van der Waals surface area (Å²) in [5.41, 5.74) is -1.04. The van der Waals surface area contributed by atoms with Crippen LogP contribution in [0.25, 0.3) is 0 Å². The first-order valence-electron chi connectivity index (χ1n) is 4.32. The fourth-order valence-corrected chi connectivity index (χ4v) is 1.40. The van der Waals surface area contributed by atoms with E-state index in [-0.39, 0.29) is 17.4 Å². The smallest absolute Gasteiger partial charge is 0.433 e. The minimum absolute atomic E-state index is 0.00483. The lowest BCUT2D eigenvalue weighted by Crippen LogP contribution is -2.10. The van der Waals surface area contributed by atoms with Crippen LogP contribution in [0.3, 0.4) is 0 Å². The maximum atomic E-state index is 12.3. The standard InChI is InChI=1S/C8H8F3N3O2S/c9-8(10,11)5-1-6(13-3-12-5)14-4-17-2-7(15)16/h1,3H,2,4H2,(H,15,16)(H,12,13,14). The number of carboxylic acid groups (broad SMARTS) is 1. The van der Waals surface area contributed by atoms with Crippen LogP contribution in [0.5, 0.6) is 0 Å². The molecule has 5 nitrogen and oxygen atoms in total. The molecule has 0 spiro atoms. The molecule has 2 N–H and O–H groups in total. The topological polar surface area (TPSA) is 75.1 Å². The summed E-state index contributed by atoms with van der Waals surface area (Å²) in [5.74, 6) is -0.967. The molecule has 0 fully saturated rings. The van der Waals surface area contributed by atoms with Gasteiger partial charge in [0.05, 0.1) is 11.6 Å². The number of aromatic nitrogens is 2. The third kappa shape index (κ3) is 4.89. The molecule has 0 unspecified atom stereocenters. The normalized spacial score (nSPS) is 11.2. The molecule has 0 aliphatic heterocycles. The third-order valence-corrected chi connectivity index (χ3v) is 2.34. The molecule has 0 amide bonds. The zero-order chi connectivity index (χ0) is 12.9. The molecule has 1 heterocycles. The number of nitrogens with one attached hydrogen (secondary N) is 1. The summed E-state index contributed by atoms with van der Waals surface area (Å²) in [4.78, 5) is 16.8. The monoisotopic (exact) mass is 267 g/mol. The Morgan fingerprint density at radius 2 is 2.18 bits per heavy atom. The van der Waals surface area contributed by atoms with Gasteiger partial charge in [-0.25, -0.2) is 9.97 Å². The average molecular weight is 267 g/mol. The number of carbonyl (C=O) groups is 1. The Hall–Kier alpha value is -1.51. The first kappa shape index (κ1) is 13.6. The maximum Gasteiger partial charge on any atom is 0.433 e. The number of carboxylic acids is 1. The van der Waals surface area contributed by atoms with Crippen molar-refractivity contribution in [1.29, 1.82) is 0 Å². The first-order valence-corrected chi connectivity index (χ1v) is 5.47. The Morgan fingerprint density at radius 1 is 1.47 bits per heavy atom. The number of aliphatic carboxylic acids is 1. The number of thioether (sulfide) groups is 1. The van der Waals surface area contributed by atoms with Crippen LogP contribution in [0.4, 0.5) is 19.0 Å². The van der Waals surface area contributed by atoms with Crippen molar-refractivity contribution in [1.82, 2.24) is 9.97 Å². The van der Waals surface area contributed by atoms with Gasteiger partial charge in [-0.3, -0.25) is 4.79 Å². The molecule has 0 aliphatic carbocycles. The summed E-state index contributed by atoms with van der Waals surface area (Å²) in [6.07, 6.45) is -3.72. The Morgan fingerprint density at radius 3 is 2.76 bits per heavy atom. The molecular weight excluding hydrogens is 259 g/mol. The molecule has 0 bridgehead atoms. The predicted octanol–water partition coefficient (Wildman–Crippen LogP) is 1.68. The summed E-state index contributed by atoms with van der Waals surface area (Å²) in [5, 5.41) is 10.9. The largest absolute Gasteiger partial charge is 0.481 e. The summed E-state index contributed by atoms with van der Waals surface area (Å²) >= 11 is 1.02. The minimum atomic E-state index is -4.52.